The Kier molecular flexibility index (Phi) is 4.04. The minimum absolute atomic E-state index is 0.139. The third-order valence-electron chi connectivity index (χ3n) is 3.73. The summed E-state index contributed by atoms with van der Waals surface area (Å²) in [6.07, 6.45) is 4.72. The molecule has 1 N–H and O–H groups in total. The number of amides is 1. The summed E-state index contributed by atoms with van der Waals surface area (Å²) in [6.45, 7) is 5.22. The third kappa shape index (κ3) is 2.67. The van der Waals surface area contributed by atoms with Crippen molar-refractivity contribution in [3.63, 3.8) is 0 Å². The van der Waals surface area contributed by atoms with E-state index in [-0.39, 0.29) is 6.09 Å². The van der Waals surface area contributed by atoms with E-state index in [9.17, 15) is 4.79 Å². The van der Waals surface area contributed by atoms with Crippen LogP contribution in [0.1, 0.15) is 32.6 Å². The van der Waals surface area contributed by atoms with E-state index in [4.69, 9.17) is 4.74 Å². The summed E-state index contributed by atoms with van der Waals surface area (Å²) >= 11 is 0. The molecule has 2 rings (SSSR count). The molecular weight excluding hydrogens is 204 g/mol. The van der Waals surface area contributed by atoms with E-state index in [2.05, 4.69) is 5.32 Å². The lowest BCUT2D eigenvalue weighted by Gasteiger charge is -2.34. The first kappa shape index (κ1) is 11.7. The van der Waals surface area contributed by atoms with Crippen LogP contribution in [0.25, 0.3) is 0 Å². The lowest BCUT2D eigenvalue weighted by molar-refractivity contribution is 0.0880. The van der Waals surface area contributed by atoms with Crippen molar-refractivity contribution in [2.45, 2.75) is 38.6 Å². The average molecular weight is 226 g/mol. The Labute approximate surface area is 97.3 Å². The Balaban J connectivity index is 1.75. The van der Waals surface area contributed by atoms with Crippen LogP contribution >= 0.6 is 0 Å². The van der Waals surface area contributed by atoms with Crippen molar-refractivity contribution in [2.24, 2.45) is 5.92 Å². The van der Waals surface area contributed by atoms with E-state index in [0.29, 0.717) is 12.6 Å². The molecule has 0 aromatic carbocycles. The van der Waals surface area contributed by atoms with E-state index in [1.165, 1.54) is 19.4 Å². The number of likely N-dealkylation sites (tertiary alicyclic amines) is 1. The van der Waals surface area contributed by atoms with E-state index in [1.807, 2.05) is 11.8 Å². The highest BCUT2D eigenvalue weighted by atomic mass is 16.6. The van der Waals surface area contributed by atoms with Crippen LogP contribution in [0.3, 0.4) is 0 Å². The number of rotatable bonds is 2. The first-order valence-electron chi connectivity index (χ1n) is 6.46. The van der Waals surface area contributed by atoms with Gasteiger partial charge in [0, 0.05) is 19.1 Å². The van der Waals surface area contributed by atoms with Crippen LogP contribution in [0.15, 0.2) is 0 Å². The number of nitrogens with zero attached hydrogens (tertiary/aromatic N) is 1. The second-order valence-corrected chi connectivity index (χ2v) is 4.73. The summed E-state index contributed by atoms with van der Waals surface area (Å²) in [4.78, 5) is 13.4. The van der Waals surface area contributed by atoms with Crippen LogP contribution in [0, 0.1) is 5.92 Å². The fraction of sp³-hybridized carbons (Fsp3) is 0.917. The predicted octanol–water partition coefficient (Wildman–Crippen LogP) is 1.61. The van der Waals surface area contributed by atoms with Gasteiger partial charge < -0.3 is 15.0 Å². The van der Waals surface area contributed by atoms with E-state index >= 15 is 0 Å². The van der Waals surface area contributed by atoms with Crippen molar-refractivity contribution in [3.8, 4) is 0 Å². The van der Waals surface area contributed by atoms with Gasteiger partial charge in [-0.15, -0.1) is 0 Å². The Morgan fingerprint density at radius 1 is 1.38 bits per heavy atom. The van der Waals surface area contributed by atoms with Gasteiger partial charge in [-0.3, -0.25) is 0 Å². The topological polar surface area (TPSA) is 41.6 Å². The van der Waals surface area contributed by atoms with Gasteiger partial charge in [-0.2, -0.15) is 0 Å². The Morgan fingerprint density at radius 2 is 2.12 bits per heavy atom. The van der Waals surface area contributed by atoms with Gasteiger partial charge in [-0.25, -0.2) is 4.79 Å². The fourth-order valence-corrected chi connectivity index (χ4v) is 2.81. The molecule has 1 atom stereocenters. The summed E-state index contributed by atoms with van der Waals surface area (Å²) in [5, 5.41) is 3.56. The number of nitrogens with one attached hydrogen (secondary N) is 1. The summed E-state index contributed by atoms with van der Waals surface area (Å²) in [7, 11) is 0. The highest BCUT2D eigenvalue weighted by Crippen LogP contribution is 2.25. The van der Waals surface area contributed by atoms with Crippen molar-refractivity contribution < 1.29 is 9.53 Å². The molecule has 2 heterocycles. The number of carbonyl (C=O) groups is 1. The van der Waals surface area contributed by atoms with Gasteiger partial charge >= 0.3 is 6.09 Å². The van der Waals surface area contributed by atoms with E-state index in [1.54, 1.807) is 0 Å². The van der Waals surface area contributed by atoms with Gasteiger partial charge in [0.1, 0.15) is 0 Å². The van der Waals surface area contributed by atoms with Crippen molar-refractivity contribution in [3.05, 3.63) is 0 Å². The standard InChI is InChI=1S/C12H22N2O2/c1-2-16-12(15)14-8-5-10(6-9-14)11-4-3-7-13-11/h10-11,13H,2-9H2,1H3. The molecule has 92 valence electrons. The average Bonchev–Trinajstić information content (AvgIpc) is 2.83. The zero-order valence-corrected chi connectivity index (χ0v) is 10.1. The number of ether oxygens (including phenoxy) is 1. The van der Waals surface area contributed by atoms with Crippen LogP contribution in [0.4, 0.5) is 4.79 Å². The van der Waals surface area contributed by atoms with Gasteiger partial charge in [0.15, 0.2) is 0 Å². The van der Waals surface area contributed by atoms with Crippen LogP contribution in [0.5, 0.6) is 0 Å². The molecule has 0 aliphatic carbocycles. The molecule has 0 bridgehead atoms. The molecule has 0 aromatic heterocycles. The van der Waals surface area contributed by atoms with Crippen molar-refractivity contribution >= 4 is 6.09 Å². The largest absolute Gasteiger partial charge is 0.450 e. The summed E-state index contributed by atoms with van der Waals surface area (Å²) in [5.41, 5.74) is 0. The molecule has 2 saturated heterocycles. The lowest BCUT2D eigenvalue weighted by atomic mass is 9.89. The summed E-state index contributed by atoms with van der Waals surface area (Å²) in [6, 6.07) is 0.698. The molecule has 0 radical (unpaired) electrons. The SMILES string of the molecule is CCOC(=O)N1CCC(C2CCCN2)CC1. The monoisotopic (exact) mass is 226 g/mol. The molecule has 4 nitrogen and oxygen atoms in total. The number of piperidine rings is 1. The molecule has 0 aromatic rings. The molecule has 4 heteroatoms. The van der Waals surface area contributed by atoms with E-state index in [0.717, 1.165) is 31.8 Å². The predicted molar refractivity (Wildman–Crippen MR) is 62.3 cm³/mol. The van der Waals surface area contributed by atoms with Crippen LogP contribution < -0.4 is 5.32 Å². The number of hydrogen-bond acceptors (Lipinski definition) is 3. The summed E-state index contributed by atoms with van der Waals surface area (Å²) in [5.74, 6) is 0.758. The smallest absolute Gasteiger partial charge is 0.409 e. The van der Waals surface area contributed by atoms with Crippen LogP contribution in [-0.4, -0.2) is 43.3 Å². The molecule has 0 saturated carbocycles. The maximum absolute atomic E-state index is 11.5. The van der Waals surface area contributed by atoms with Gasteiger partial charge in [-0.1, -0.05) is 0 Å². The third-order valence-corrected chi connectivity index (χ3v) is 3.73. The normalized spacial score (nSPS) is 27.1. The van der Waals surface area contributed by atoms with E-state index < -0.39 is 0 Å². The first-order chi connectivity index (χ1) is 7.81. The zero-order valence-electron chi connectivity index (χ0n) is 10.1. The molecule has 0 spiro atoms. The molecule has 16 heavy (non-hydrogen) atoms. The highest BCUT2D eigenvalue weighted by molar-refractivity contribution is 5.67. The van der Waals surface area contributed by atoms with Crippen molar-refractivity contribution in [1.29, 1.82) is 0 Å². The highest BCUT2D eigenvalue weighted by Gasteiger charge is 2.30. The van der Waals surface area contributed by atoms with Crippen molar-refractivity contribution in [1.82, 2.24) is 10.2 Å². The molecule has 1 unspecified atom stereocenters. The van der Waals surface area contributed by atoms with Gasteiger partial charge in [-0.05, 0) is 45.1 Å². The Bertz CT molecular complexity index is 231. The maximum Gasteiger partial charge on any atom is 0.409 e. The second kappa shape index (κ2) is 5.53. The van der Waals surface area contributed by atoms with Gasteiger partial charge in [0.05, 0.1) is 6.61 Å². The molecule has 2 fully saturated rings. The fourth-order valence-electron chi connectivity index (χ4n) is 2.81. The Hall–Kier alpha value is -0.770. The minimum atomic E-state index is -0.139. The van der Waals surface area contributed by atoms with Crippen LogP contribution in [-0.2, 0) is 4.74 Å². The van der Waals surface area contributed by atoms with Crippen LogP contribution in [0.2, 0.25) is 0 Å². The Morgan fingerprint density at radius 3 is 2.69 bits per heavy atom. The minimum Gasteiger partial charge on any atom is -0.450 e. The quantitative estimate of drug-likeness (QED) is 0.777. The number of hydrogen-bond donors (Lipinski definition) is 1. The zero-order chi connectivity index (χ0) is 11.4. The second-order valence-electron chi connectivity index (χ2n) is 4.73. The lowest BCUT2D eigenvalue weighted by Crippen LogP contribution is -2.43. The molecule has 2 aliphatic rings. The van der Waals surface area contributed by atoms with Crippen molar-refractivity contribution in [2.75, 3.05) is 26.2 Å². The molecule has 2 aliphatic heterocycles. The number of carbonyl (C=O) groups excluding carboxylic acids is 1. The maximum atomic E-state index is 11.5. The summed E-state index contributed by atoms with van der Waals surface area (Å²) < 4.78 is 5.01. The van der Waals surface area contributed by atoms with Gasteiger partial charge in [0.2, 0.25) is 0 Å². The first-order valence-corrected chi connectivity index (χ1v) is 6.46. The molecule has 1 amide bonds. The molecular formula is C12H22N2O2. The van der Waals surface area contributed by atoms with Gasteiger partial charge in [0.25, 0.3) is 0 Å².